The van der Waals surface area contributed by atoms with Crippen LogP contribution in [0.1, 0.15) is 31.4 Å². The summed E-state index contributed by atoms with van der Waals surface area (Å²) in [6.45, 7) is 5.78. The van der Waals surface area contributed by atoms with Gasteiger partial charge >= 0.3 is 0 Å². The molecule has 0 aliphatic carbocycles. The third-order valence-corrected chi connectivity index (χ3v) is 5.42. The van der Waals surface area contributed by atoms with Gasteiger partial charge in [-0.25, -0.2) is 0 Å². The van der Waals surface area contributed by atoms with Crippen molar-refractivity contribution in [2.75, 3.05) is 39.9 Å². The van der Waals surface area contributed by atoms with E-state index in [1.165, 1.54) is 0 Å². The van der Waals surface area contributed by atoms with E-state index in [2.05, 4.69) is 5.10 Å². The average Bonchev–Trinajstić information content (AvgIpc) is 3.21. The monoisotopic (exact) mass is 348 g/mol. The molecule has 0 radical (unpaired) electrons. The summed E-state index contributed by atoms with van der Waals surface area (Å²) in [5, 5.41) is 4.32. The molecule has 1 spiro atoms. The Kier molecular flexibility index (Phi) is 5.42. The van der Waals surface area contributed by atoms with E-state index in [0.29, 0.717) is 39.2 Å². The van der Waals surface area contributed by atoms with Gasteiger partial charge in [-0.15, -0.1) is 0 Å². The van der Waals surface area contributed by atoms with Gasteiger partial charge in [-0.2, -0.15) is 5.10 Å². The van der Waals surface area contributed by atoms with Crippen molar-refractivity contribution in [3.05, 3.63) is 18.0 Å². The number of aromatic nitrogens is 2. The maximum absolute atomic E-state index is 12.9. The first kappa shape index (κ1) is 17.9. The molecule has 3 heterocycles. The van der Waals surface area contributed by atoms with Gasteiger partial charge in [0.15, 0.2) is 0 Å². The molecular formula is C18H28N4O3. The number of nitrogens with zero attached hydrogens (tertiary/aromatic N) is 4. The van der Waals surface area contributed by atoms with Crippen LogP contribution in [0.2, 0.25) is 0 Å². The summed E-state index contributed by atoms with van der Waals surface area (Å²) in [5.41, 5.74) is 0.584. The molecule has 7 nitrogen and oxygen atoms in total. The first-order valence-corrected chi connectivity index (χ1v) is 9.10. The average molecular weight is 348 g/mol. The van der Waals surface area contributed by atoms with E-state index in [-0.39, 0.29) is 17.2 Å². The molecule has 2 aliphatic rings. The Morgan fingerprint density at radius 3 is 2.88 bits per heavy atom. The van der Waals surface area contributed by atoms with E-state index < -0.39 is 0 Å². The Bertz CT molecular complexity index is 630. The normalized spacial score (nSPS) is 23.7. The van der Waals surface area contributed by atoms with Crippen molar-refractivity contribution in [2.24, 2.45) is 5.41 Å². The molecule has 0 N–H and O–H groups in total. The highest BCUT2D eigenvalue weighted by Gasteiger charge is 2.49. The molecule has 0 unspecified atom stereocenters. The van der Waals surface area contributed by atoms with Crippen molar-refractivity contribution in [1.82, 2.24) is 19.6 Å². The lowest BCUT2D eigenvalue weighted by Crippen LogP contribution is -2.51. The fourth-order valence-electron chi connectivity index (χ4n) is 3.99. The van der Waals surface area contributed by atoms with Gasteiger partial charge in [0.2, 0.25) is 11.8 Å². The van der Waals surface area contributed by atoms with Crippen molar-refractivity contribution in [1.29, 1.82) is 0 Å². The number of piperidine rings is 1. The van der Waals surface area contributed by atoms with Crippen LogP contribution in [0.3, 0.4) is 0 Å². The molecule has 2 fully saturated rings. The SMILES string of the molecule is COCCN1CCC[C@@]2(CCN(C(=O)CCn3ccc(C)n3)C2)C1=O. The number of hydrogen-bond acceptors (Lipinski definition) is 4. The molecule has 1 aromatic heterocycles. The molecule has 2 amide bonds. The number of hydrogen-bond donors (Lipinski definition) is 0. The zero-order chi connectivity index (χ0) is 17.9. The third kappa shape index (κ3) is 3.86. The van der Waals surface area contributed by atoms with Gasteiger partial charge in [-0.1, -0.05) is 0 Å². The van der Waals surface area contributed by atoms with Crippen molar-refractivity contribution < 1.29 is 14.3 Å². The number of aryl methyl sites for hydroxylation is 2. The lowest BCUT2D eigenvalue weighted by molar-refractivity contribution is -0.146. The fraction of sp³-hybridized carbons (Fsp3) is 0.722. The number of carbonyl (C=O) groups is 2. The van der Waals surface area contributed by atoms with Gasteiger partial charge in [0.1, 0.15) is 0 Å². The molecule has 2 saturated heterocycles. The van der Waals surface area contributed by atoms with Crippen LogP contribution in [-0.4, -0.2) is 71.3 Å². The molecule has 0 aromatic carbocycles. The molecular weight excluding hydrogens is 320 g/mol. The molecule has 3 rings (SSSR count). The predicted octanol–water partition coefficient (Wildman–Crippen LogP) is 1.07. The predicted molar refractivity (Wildman–Crippen MR) is 92.9 cm³/mol. The Hall–Kier alpha value is -1.89. The standard InChI is InChI=1S/C18H28N4O3/c1-15-4-9-22(19-15)10-5-16(23)21-11-7-18(14-21)6-3-8-20(17(18)24)12-13-25-2/h4,9H,3,5-8,10-14H2,1-2H3/t18-/m0/s1. The van der Waals surface area contributed by atoms with Gasteiger partial charge in [0.05, 0.1) is 17.7 Å². The van der Waals surface area contributed by atoms with Crippen molar-refractivity contribution in [2.45, 2.75) is 39.2 Å². The Morgan fingerprint density at radius 2 is 2.16 bits per heavy atom. The van der Waals surface area contributed by atoms with Crippen LogP contribution < -0.4 is 0 Å². The fourth-order valence-corrected chi connectivity index (χ4v) is 3.99. The minimum absolute atomic E-state index is 0.117. The van der Waals surface area contributed by atoms with Crippen LogP contribution in [-0.2, 0) is 20.9 Å². The van der Waals surface area contributed by atoms with Crippen LogP contribution in [0.15, 0.2) is 12.3 Å². The van der Waals surface area contributed by atoms with Crippen LogP contribution in [0, 0.1) is 12.3 Å². The summed E-state index contributed by atoms with van der Waals surface area (Å²) in [6, 6.07) is 1.94. The lowest BCUT2D eigenvalue weighted by Gasteiger charge is -2.39. The second kappa shape index (κ2) is 7.56. The maximum Gasteiger partial charge on any atom is 0.230 e. The zero-order valence-corrected chi connectivity index (χ0v) is 15.2. The second-order valence-electron chi connectivity index (χ2n) is 7.20. The van der Waals surface area contributed by atoms with Gasteiger partial charge in [0, 0.05) is 52.5 Å². The van der Waals surface area contributed by atoms with Crippen LogP contribution >= 0.6 is 0 Å². The summed E-state index contributed by atoms with van der Waals surface area (Å²) >= 11 is 0. The molecule has 25 heavy (non-hydrogen) atoms. The van der Waals surface area contributed by atoms with Crippen molar-refractivity contribution in [3.8, 4) is 0 Å². The molecule has 138 valence electrons. The number of amides is 2. The molecule has 0 bridgehead atoms. The van der Waals surface area contributed by atoms with E-state index >= 15 is 0 Å². The summed E-state index contributed by atoms with van der Waals surface area (Å²) in [5.74, 6) is 0.320. The van der Waals surface area contributed by atoms with Crippen molar-refractivity contribution in [3.63, 3.8) is 0 Å². The maximum atomic E-state index is 12.9. The van der Waals surface area contributed by atoms with E-state index in [4.69, 9.17) is 4.74 Å². The summed E-state index contributed by atoms with van der Waals surface area (Å²) in [7, 11) is 1.65. The largest absolute Gasteiger partial charge is 0.383 e. The van der Waals surface area contributed by atoms with E-state index in [1.807, 2.05) is 29.0 Å². The highest BCUT2D eigenvalue weighted by atomic mass is 16.5. The lowest BCUT2D eigenvalue weighted by atomic mass is 9.78. The third-order valence-electron chi connectivity index (χ3n) is 5.42. The van der Waals surface area contributed by atoms with Crippen LogP contribution in [0.4, 0.5) is 0 Å². The van der Waals surface area contributed by atoms with E-state index in [1.54, 1.807) is 11.8 Å². The van der Waals surface area contributed by atoms with E-state index in [0.717, 1.165) is 31.5 Å². The summed E-state index contributed by atoms with van der Waals surface area (Å²) < 4.78 is 6.92. The number of rotatable bonds is 6. The first-order chi connectivity index (χ1) is 12.0. The Balaban J connectivity index is 1.56. The molecule has 1 atom stereocenters. The zero-order valence-electron chi connectivity index (χ0n) is 15.2. The van der Waals surface area contributed by atoms with Crippen molar-refractivity contribution >= 4 is 11.8 Å². The van der Waals surface area contributed by atoms with Gasteiger partial charge < -0.3 is 14.5 Å². The Labute approximate surface area is 148 Å². The number of methoxy groups -OCH3 is 1. The first-order valence-electron chi connectivity index (χ1n) is 9.10. The molecule has 7 heteroatoms. The minimum Gasteiger partial charge on any atom is -0.383 e. The molecule has 1 aromatic rings. The number of ether oxygens (including phenoxy) is 1. The highest BCUT2D eigenvalue weighted by molar-refractivity contribution is 5.86. The van der Waals surface area contributed by atoms with Crippen LogP contribution in [0.5, 0.6) is 0 Å². The molecule has 0 saturated carbocycles. The minimum atomic E-state index is -0.371. The number of likely N-dealkylation sites (tertiary alicyclic amines) is 2. The quantitative estimate of drug-likeness (QED) is 0.771. The van der Waals surface area contributed by atoms with Gasteiger partial charge in [-0.3, -0.25) is 14.3 Å². The smallest absolute Gasteiger partial charge is 0.230 e. The van der Waals surface area contributed by atoms with Gasteiger partial charge in [0.25, 0.3) is 0 Å². The highest BCUT2D eigenvalue weighted by Crippen LogP contribution is 2.40. The summed E-state index contributed by atoms with van der Waals surface area (Å²) in [6.07, 6.45) is 4.99. The Morgan fingerprint density at radius 1 is 1.32 bits per heavy atom. The van der Waals surface area contributed by atoms with Gasteiger partial charge in [-0.05, 0) is 32.3 Å². The topological polar surface area (TPSA) is 67.7 Å². The molecule has 2 aliphatic heterocycles. The summed E-state index contributed by atoms with van der Waals surface area (Å²) in [4.78, 5) is 29.3. The number of carbonyl (C=O) groups excluding carboxylic acids is 2. The second-order valence-corrected chi connectivity index (χ2v) is 7.20. The van der Waals surface area contributed by atoms with Crippen LogP contribution in [0.25, 0.3) is 0 Å². The van der Waals surface area contributed by atoms with E-state index in [9.17, 15) is 9.59 Å².